The standard InChI is InChI=1S/C18H22N4O/c1-13(2)11-16(22-9-5-6-10-22)18(23)19-12-17-20-14-7-3-4-8-15(14)21-17/h3-10,13,16H,11-12H2,1-2H3,(H,19,23)(H,20,21)/t16-/m0/s1. The fourth-order valence-electron chi connectivity index (χ4n) is 2.74. The number of H-pyrrole nitrogens is 1. The first-order chi connectivity index (χ1) is 11.1. The summed E-state index contributed by atoms with van der Waals surface area (Å²) in [5.41, 5.74) is 1.90. The summed E-state index contributed by atoms with van der Waals surface area (Å²) >= 11 is 0. The maximum atomic E-state index is 12.6. The zero-order chi connectivity index (χ0) is 16.2. The zero-order valence-corrected chi connectivity index (χ0v) is 13.5. The van der Waals surface area contributed by atoms with E-state index in [4.69, 9.17) is 0 Å². The molecule has 3 rings (SSSR count). The molecule has 0 spiro atoms. The van der Waals surface area contributed by atoms with Gasteiger partial charge in [-0.1, -0.05) is 26.0 Å². The van der Waals surface area contributed by atoms with Crippen LogP contribution in [0, 0.1) is 5.92 Å². The third-order valence-corrected chi connectivity index (χ3v) is 3.85. The van der Waals surface area contributed by atoms with Gasteiger partial charge in [0.25, 0.3) is 0 Å². The molecule has 23 heavy (non-hydrogen) atoms. The molecule has 0 aliphatic heterocycles. The molecule has 0 aliphatic carbocycles. The molecule has 2 N–H and O–H groups in total. The number of para-hydroxylation sites is 2. The first-order valence-corrected chi connectivity index (χ1v) is 7.97. The topological polar surface area (TPSA) is 62.7 Å². The number of carbonyl (C=O) groups is 1. The monoisotopic (exact) mass is 310 g/mol. The summed E-state index contributed by atoms with van der Waals surface area (Å²) in [5, 5.41) is 3.00. The number of imidazole rings is 1. The quantitative estimate of drug-likeness (QED) is 0.734. The van der Waals surface area contributed by atoms with Gasteiger partial charge in [-0.05, 0) is 36.6 Å². The summed E-state index contributed by atoms with van der Waals surface area (Å²) in [6, 6.07) is 11.6. The van der Waals surface area contributed by atoms with E-state index in [1.165, 1.54) is 0 Å². The molecule has 2 heterocycles. The number of hydrogen-bond acceptors (Lipinski definition) is 2. The molecule has 0 radical (unpaired) electrons. The molecule has 0 bridgehead atoms. The van der Waals surface area contributed by atoms with E-state index in [-0.39, 0.29) is 11.9 Å². The van der Waals surface area contributed by atoms with Crippen molar-refractivity contribution in [1.82, 2.24) is 19.9 Å². The van der Waals surface area contributed by atoms with E-state index in [0.29, 0.717) is 12.5 Å². The van der Waals surface area contributed by atoms with Crippen LogP contribution in [0.5, 0.6) is 0 Å². The largest absolute Gasteiger partial charge is 0.347 e. The number of nitrogens with one attached hydrogen (secondary N) is 2. The minimum atomic E-state index is -0.186. The summed E-state index contributed by atoms with van der Waals surface area (Å²) in [5.74, 6) is 1.24. The Morgan fingerprint density at radius 1 is 1.22 bits per heavy atom. The van der Waals surface area contributed by atoms with Crippen molar-refractivity contribution in [2.75, 3.05) is 0 Å². The smallest absolute Gasteiger partial charge is 0.243 e. The molecule has 120 valence electrons. The number of hydrogen-bond donors (Lipinski definition) is 2. The highest BCUT2D eigenvalue weighted by molar-refractivity contribution is 5.80. The van der Waals surface area contributed by atoms with Crippen molar-refractivity contribution in [1.29, 1.82) is 0 Å². The van der Waals surface area contributed by atoms with Gasteiger partial charge in [-0.25, -0.2) is 4.98 Å². The minimum Gasteiger partial charge on any atom is -0.347 e. The van der Waals surface area contributed by atoms with Gasteiger partial charge in [0.2, 0.25) is 5.91 Å². The molecule has 5 nitrogen and oxygen atoms in total. The molecule has 1 aromatic carbocycles. The lowest BCUT2D eigenvalue weighted by molar-refractivity contribution is -0.125. The van der Waals surface area contributed by atoms with E-state index in [9.17, 15) is 4.79 Å². The number of aromatic nitrogens is 3. The SMILES string of the molecule is CC(C)C[C@@H](C(=O)NCc1nc2ccccc2[nH]1)n1cccc1. The summed E-state index contributed by atoms with van der Waals surface area (Å²) in [4.78, 5) is 20.3. The Kier molecular flexibility index (Phi) is 4.46. The fraction of sp³-hybridized carbons (Fsp3) is 0.333. The average molecular weight is 310 g/mol. The van der Waals surface area contributed by atoms with Gasteiger partial charge in [0.15, 0.2) is 0 Å². The molecule has 3 aromatic rings. The minimum absolute atomic E-state index is 0.0235. The molecule has 1 atom stereocenters. The van der Waals surface area contributed by atoms with Crippen LogP contribution >= 0.6 is 0 Å². The van der Waals surface area contributed by atoms with Crippen LogP contribution in [0.4, 0.5) is 0 Å². The predicted molar refractivity (Wildman–Crippen MR) is 90.9 cm³/mol. The van der Waals surface area contributed by atoms with E-state index >= 15 is 0 Å². The summed E-state index contributed by atoms with van der Waals surface area (Å²) in [7, 11) is 0. The molecular formula is C18H22N4O. The zero-order valence-electron chi connectivity index (χ0n) is 13.5. The van der Waals surface area contributed by atoms with Gasteiger partial charge in [-0.15, -0.1) is 0 Å². The van der Waals surface area contributed by atoms with Crippen molar-refractivity contribution in [2.45, 2.75) is 32.9 Å². The number of fused-ring (bicyclic) bond motifs is 1. The lowest BCUT2D eigenvalue weighted by Gasteiger charge is -2.20. The Morgan fingerprint density at radius 3 is 2.65 bits per heavy atom. The number of carbonyl (C=O) groups excluding carboxylic acids is 1. The second kappa shape index (κ2) is 6.69. The molecule has 0 aliphatic rings. The van der Waals surface area contributed by atoms with Gasteiger partial charge in [-0.3, -0.25) is 4.79 Å². The van der Waals surface area contributed by atoms with Crippen LogP contribution in [-0.4, -0.2) is 20.4 Å². The van der Waals surface area contributed by atoms with E-state index in [0.717, 1.165) is 23.3 Å². The van der Waals surface area contributed by atoms with Gasteiger partial charge >= 0.3 is 0 Å². The Labute approximate surface area is 135 Å². The van der Waals surface area contributed by atoms with Gasteiger partial charge in [0.05, 0.1) is 17.6 Å². The van der Waals surface area contributed by atoms with Gasteiger partial charge in [0.1, 0.15) is 11.9 Å². The first-order valence-electron chi connectivity index (χ1n) is 7.97. The summed E-state index contributed by atoms with van der Waals surface area (Å²) in [6.45, 7) is 4.66. The molecular weight excluding hydrogens is 288 g/mol. The maximum absolute atomic E-state index is 12.6. The molecule has 2 aromatic heterocycles. The van der Waals surface area contributed by atoms with Crippen LogP contribution in [0.25, 0.3) is 11.0 Å². The van der Waals surface area contributed by atoms with Gasteiger partial charge < -0.3 is 14.9 Å². The summed E-state index contributed by atoms with van der Waals surface area (Å²) < 4.78 is 1.97. The number of nitrogens with zero attached hydrogens (tertiary/aromatic N) is 2. The Hall–Kier alpha value is -2.56. The van der Waals surface area contributed by atoms with Crippen molar-refractivity contribution in [3.05, 3.63) is 54.6 Å². The fourth-order valence-corrected chi connectivity index (χ4v) is 2.74. The highest BCUT2D eigenvalue weighted by Gasteiger charge is 2.20. The van der Waals surface area contributed by atoms with Crippen LogP contribution in [0.15, 0.2) is 48.8 Å². The van der Waals surface area contributed by atoms with Crippen LogP contribution in [0.1, 0.15) is 32.1 Å². The first kappa shape index (κ1) is 15.3. The number of benzene rings is 1. The second-order valence-electron chi connectivity index (χ2n) is 6.19. The van der Waals surface area contributed by atoms with E-state index in [1.807, 2.05) is 53.4 Å². The Balaban J connectivity index is 1.69. The van der Waals surface area contributed by atoms with Crippen molar-refractivity contribution >= 4 is 16.9 Å². The van der Waals surface area contributed by atoms with Crippen LogP contribution in [0.3, 0.4) is 0 Å². The van der Waals surface area contributed by atoms with Crippen LogP contribution in [-0.2, 0) is 11.3 Å². The Bertz CT molecular complexity index is 740. The normalized spacial score (nSPS) is 12.7. The van der Waals surface area contributed by atoms with Gasteiger partial charge in [0, 0.05) is 12.4 Å². The second-order valence-corrected chi connectivity index (χ2v) is 6.19. The molecule has 1 amide bonds. The van der Waals surface area contributed by atoms with Crippen molar-refractivity contribution in [2.24, 2.45) is 5.92 Å². The third-order valence-electron chi connectivity index (χ3n) is 3.85. The molecule has 0 fully saturated rings. The number of amides is 1. The third kappa shape index (κ3) is 3.62. The molecule has 0 unspecified atom stereocenters. The number of aromatic amines is 1. The van der Waals surface area contributed by atoms with E-state index in [1.54, 1.807) is 0 Å². The van der Waals surface area contributed by atoms with Crippen LogP contribution in [0.2, 0.25) is 0 Å². The number of rotatable bonds is 6. The van der Waals surface area contributed by atoms with Crippen molar-refractivity contribution in [3.63, 3.8) is 0 Å². The molecule has 5 heteroatoms. The summed E-state index contributed by atoms with van der Waals surface area (Å²) in [6.07, 6.45) is 4.68. The highest BCUT2D eigenvalue weighted by Crippen LogP contribution is 2.18. The van der Waals surface area contributed by atoms with E-state index in [2.05, 4.69) is 29.1 Å². The van der Waals surface area contributed by atoms with Crippen LogP contribution < -0.4 is 5.32 Å². The molecule has 0 saturated heterocycles. The Morgan fingerprint density at radius 2 is 1.96 bits per heavy atom. The molecule has 0 saturated carbocycles. The maximum Gasteiger partial charge on any atom is 0.243 e. The van der Waals surface area contributed by atoms with Crippen molar-refractivity contribution < 1.29 is 4.79 Å². The lowest BCUT2D eigenvalue weighted by Crippen LogP contribution is -2.32. The lowest BCUT2D eigenvalue weighted by atomic mass is 10.0. The highest BCUT2D eigenvalue weighted by atomic mass is 16.2. The van der Waals surface area contributed by atoms with E-state index < -0.39 is 0 Å². The predicted octanol–water partition coefficient (Wildman–Crippen LogP) is 3.27. The average Bonchev–Trinajstić information content (AvgIpc) is 3.18. The van der Waals surface area contributed by atoms with Crippen molar-refractivity contribution in [3.8, 4) is 0 Å². The van der Waals surface area contributed by atoms with Gasteiger partial charge in [-0.2, -0.15) is 0 Å².